The molecule has 0 aliphatic heterocycles. The third-order valence-corrected chi connectivity index (χ3v) is 36.5. The van der Waals surface area contributed by atoms with E-state index >= 15 is 0 Å². The summed E-state index contributed by atoms with van der Waals surface area (Å²) < 4.78 is 6.09. The third-order valence-electron chi connectivity index (χ3n) is 26.8. The number of thiophene rings is 8. The van der Waals surface area contributed by atoms with E-state index in [1.54, 1.807) is 39.0 Å². The van der Waals surface area contributed by atoms with Gasteiger partial charge in [-0.2, -0.15) is 0 Å². The highest BCUT2D eigenvalue weighted by Gasteiger charge is 2.23. The molecule has 0 fully saturated rings. The van der Waals surface area contributed by atoms with Crippen molar-refractivity contribution in [3.8, 4) is 41.8 Å². The van der Waals surface area contributed by atoms with Crippen molar-refractivity contribution < 1.29 is 0 Å². The van der Waals surface area contributed by atoms with E-state index in [0.29, 0.717) is 0 Å². The second-order valence-electron chi connectivity index (χ2n) is 37.3. The molecule has 0 saturated heterocycles. The Labute approximate surface area is 784 Å². The molecule has 0 bridgehead atoms. The average Bonchev–Trinajstić information content (AvgIpc) is 1.50. The quantitative estimate of drug-likeness (QED) is 0.0263. The molecule has 0 atom stereocenters. The van der Waals surface area contributed by atoms with Crippen LogP contribution in [0.15, 0.2) is 121 Å². The van der Waals surface area contributed by atoms with Gasteiger partial charge in [0, 0.05) is 143 Å². The first-order valence-electron chi connectivity index (χ1n) is 51.3. The summed E-state index contributed by atoms with van der Waals surface area (Å²) >= 11 is 16.6. The molecular formula is C116H156S8. The van der Waals surface area contributed by atoms with Crippen molar-refractivity contribution >= 4 is 174 Å². The van der Waals surface area contributed by atoms with Crippen LogP contribution in [0, 0.1) is 0 Å². The zero-order chi connectivity index (χ0) is 85.9. The topological polar surface area (TPSA) is 0 Å². The fourth-order valence-corrected chi connectivity index (χ4v) is 28.7. The van der Waals surface area contributed by atoms with E-state index in [1.165, 1.54) is 485 Å². The van der Waals surface area contributed by atoms with Crippen LogP contribution in [0.4, 0.5) is 0 Å². The van der Waals surface area contributed by atoms with E-state index in [-0.39, 0.29) is 0 Å². The number of aryl methyl sites for hydroxylation is 8. The van der Waals surface area contributed by atoms with Gasteiger partial charge in [-0.05, 0) is 246 Å². The minimum absolute atomic E-state index is 1.20. The summed E-state index contributed by atoms with van der Waals surface area (Å²) in [5, 5.41) is 17.6. The Morgan fingerprint density at radius 2 is 0.298 bits per heavy atom. The maximum atomic E-state index is 2.61. The summed E-state index contributed by atoms with van der Waals surface area (Å²) in [6.45, 7) is 18.5. The lowest BCUT2D eigenvalue weighted by molar-refractivity contribution is 0.609. The lowest BCUT2D eigenvalue weighted by Gasteiger charge is -2.14. The van der Waals surface area contributed by atoms with E-state index in [2.05, 4.69) is 222 Å². The zero-order valence-electron chi connectivity index (χ0n) is 78.4. The van der Waals surface area contributed by atoms with E-state index in [4.69, 9.17) is 0 Å². The van der Waals surface area contributed by atoms with Gasteiger partial charge in [-0.25, -0.2) is 0 Å². The van der Waals surface area contributed by atoms with Crippen molar-refractivity contribution in [2.45, 2.75) is 415 Å². The van der Waals surface area contributed by atoms with Crippen LogP contribution in [0.3, 0.4) is 0 Å². The molecule has 14 rings (SSSR count). The van der Waals surface area contributed by atoms with Crippen LogP contribution in [0.1, 0.15) is 403 Å². The molecule has 6 aromatic carbocycles. The molecular weight excluding hydrogens is 1650 g/mol. The molecule has 0 aliphatic rings. The van der Waals surface area contributed by atoms with E-state index in [9.17, 15) is 0 Å². The van der Waals surface area contributed by atoms with Crippen LogP contribution in [0.25, 0.3) is 125 Å². The van der Waals surface area contributed by atoms with Crippen molar-refractivity contribution in [1.29, 1.82) is 0 Å². The minimum atomic E-state index is 1.20. The minimum Gasteiger partial charge on any atom is -0.140 e. The van der Waals surface area contributed by atoms with Gasteiger partial charge in [0.25, 0.3) is 0 Å². The molecule has 0 unspecified atom stereocenters. The third kappa shape index (κ3) is 27.6. The molecule has 0 saturated carbocycles. The maximum Gasteiger partial charge on any atom is 0.0431 e. The van der Waals surface area contributed by atoms with Gasteiger partial charge in [-0.15, -0.1) is 90.7 Å². The van der Waals surface area contributed by atoms with Gasteiger partial charge >= 0.3 is 0 Å². The van der Waals surface area contributed by atoms with Crippen LogP contribution in [0.5, 0.6) is 0 Å². The Balaban J connectivity index is 0.000000213. The summed E-state index contributed by atoms with van der Waals surface area (Å²) in [7, 11) is 0. The van der Waals surface area contributed by atoms with Gasteiger partial charge in [-0.1, -0.05) is 312 Å². The monoisotopic (exact) mass is 1800 g/mol. The molecule has 0 N–H and O–H groups in total. The Bertz CT molecular complexity index is 4800. The highest BCUT2D eigenvalue weighted by molar-refractivity contribution is 7.23. The van der Waals surface area contributed by atoms with Gasteiger partial charge in [-0.3, -0.25) is 0 Å². The molecule has 0 aliphatic carbocycles. The summed E-state index contributed by atoms with van der Waals surface area (Å²) in [5.74, 6) is 0. The Morgan fingerprint density at radius 3 is 0.484 bits per heavy atom. The number of hydrogen-bond acceptors (Lipinski definition) is 8. The normalized spacial score (nSPS) is 12.1. The first kappa shape index (κ1) is 96.6. The lowest BCUT2D eigenvalue weighted by atomic mass is 9.94. The predicted octanol–water partition coefficient (Wildman–Crippen LogP) is 43.0. The van der Waals surface area contributed by atoms with Crippen LogP contribution < -0.4 is 0 Å². The molecule has 8 heteroatoms. The lowest BCUT2D eigenvalue weighted by Crippen LogP contribution is -1.87. The molecule has 0 spiro atoms. The number of hydrogen-bond donors (Lipinski definition) is 0. The van der Waals surface area contributed by atoms with Crippen molar-refractivity contribution in [2.24, 2.45) is 0 Å². The molecule has 0 amide bonds. The smallest absolute Gasteiger partial charge is 0.0431 e. The highest BCUT2D eigenvalue weighted by Crippen LogP contribution is 2.51. The second-order valence-corrected chi connectivity index (χ2v) is 46.5. The van der Waals surface area contributed by atoms with Crippen molar-refractivity contribution in [3.05, 3.63) is 160 Å². The van der Waals surface area contributed by atoms with Gasteiger partial charge in [0.15, 0.2) is 0 Å². The summed E-state index contributed by atoms with van der Waals surface area (Å²) in [4.78, 5) is 18.2. The van der Waals surface area contributed by atoms with E-state index in [0.717, 1.165) is 0 Å². The van der Waals surface area contributed by atoms with Crippen LogP contribution in [-0.4, -0.2) is 0 Å². The predicted molar refractivity (Wildman–Crippen MR) is 574 cm³/mol. The number of fused-ring (bicyclic) bond motifs is 14. The van der Waals surface area contributed by atoms with Crippen LogP contribution in [-0.2, 0) is 51.4 Å². The molecule has 124 heavy (non-hydrogen) atoms. The van der Waals surface area contributed by atoms with Gasteiger partial charge in [0.1, 0.15) is 0 Å². The zero-order valence-corrected chi connectivity index (χ0v) is 84.9. The Hall–Kier alpha value is -5.00. The van der Waals surface area contributed by atoms with Crippen molar-refractivity contribution in [1.82, 2.24) is 0 Å². The number of unbranched alkanes of at least 4 members (excludes halogenated alkanes) is 40. The maximum absolute atomic E-state index is 2.61. The van der Waals surface area contributed by atoms with Crippen molar-refractivity contribution in [2.75, 3.05) is 0 Å². The highest BCUT2D eigenvalue weighted by atomic mass is 32.1. The fourth-order valence-electron chi connectivity index (χ4n) is 19.4. The molecule has 668 valence electrons. The number of benzene rings is 6. The molecule has 14 aromatic rings. The molecule has 8 heterocycles. The van der Waals surface area contributed by atoms with Crippen LogP contribution in [0.2, 0.25) is 0 Å². The number of rotatable bonds is 60. The standard InChI is InChI=1S/C58H76S4.C58H80S4/c1-5-9-13-17-21-25-29-43-37-51-52-38-44(30-26-22-18-14-10-6-2)60-56(52)48-34-42-36-50-49(35-41(42)33-47(48)55(51)59-43)57-53(39-45(61-57)31-27-23-19-15-11-7-3)54-40-46(62-58(50)54)32-28-24-20-16-12-8-4;1-5-9-13-17-21-25-29-47-33-37-55(59-47)51-41-45-43-53(57-39-35-49(61-57)31-27-23-19-15-11-7-3)54(58-40-36-50(62-58)32-28-24-20-16-12-8-4)44-46(45)42-52(51)56-38-34-48(60-56)30-26-22-18-14-10-6-2/h33-40H,5-32H2,1-4H3;33-44H,5-32H2,1-4H3. The Morgan fingerprint density at radius 1 is 0.145 bits per heavy atom. The van der Waals surface area contributed by atoms with Gasteiger partial charge in [0.2, 0.25) is 0 Å². The second kappa shape index (κ2) is 52.7. The fraction of sp³-hybridized carbons (Fsp3) is 0.552. The van der Waals surface area contributed by atoms with Crippen LogP contribution >= 0.6 is 90.7 Å². The van der Waals surface area contributed by atoms with Crippen molar-refractivity contribution in [3.63, 3.8) is 0 Å². The molecule has 0 radical (unpaired) electrons. The average molecular weight is 1810 g/mol. The van der Waals surface area contributed by atoms with Gasteiger partial charge in [0.05, 0.1) is 0 Å². The summed E-state index contributed by atoms with van der Waals surface area (Å²) in [6.07, 6.45) is 74.7. The molecule has 0 nitrogen and oxygen atoms in total. The Kier molecular flexibility index (Phi) is 41.1. The van der Waals surface area contributed by atoms with E-state index in [1.807, 2.05) is 45.3 Å². The first-order valence-corrected chi connectivity index (χ1v) is 57.9. The first-order chi connectivity index (χ1) is 61.2. The van der Waals surface area contributed by atoms with Gasteiger partial charge < -0.3 is 0 Å². The summed E-state index contributed by atoms with van der Waals surface area (Å²) in [6, 6.07) is 50.6. The van der Waals surface area contributed by atoms with E-state index < -0.39 is 0 Å². The SMILES string of the molecule is CCCCCCCCc1cc2c3cc(CCCCCCCC)sc3c3cc4cc5c(cc4cc3c2s1)c1sc(CCCCCCCC)cc1c1cc(CCCCCCCC)sc15.CCCCCCCCc1ccc(-c2cc3cc(-c4ccc(CCCCCCCC)s4)c(-c4ccc(CCCCCCCC)s4)cc3cc2-c2ccc(CCCCCCCC)s2)s1. The summed E-state index contributed by atoms with van der Waals surface area (Å²) in [5.41, 5.74) is 5.65. The largest absolute Gasteiger partial charge is 0.140 e. The molecule has 8 aromatic heterocycles.